The van der Waals surface area contributed by atoms with Gasteiger partial charge in [0.05, 0.1) is 12.2 Å². The van der Waals surface area contributed by atoms with Gasteiger partial charge in [0, 0.05) is 19.0 Å². The summed E-state index contributed by atoms with van der Waals surface area (Å²) in [5, 5.41) is 8.67. The quantitative estimate of drug-likeness (QED) is 0.808. The van der Waals surface area contributed by atoms with Gasteiger partial charge >= 0.3 is 12.1 Å². The van der Waals surface area contributed by atoms with Crippen molar-refractivity contribution in [2.24, 2.45) is 0 Å². The molecule has 0 aliphatic carbocycles. The van der Waals surface area contributed by atoms with Crippen LogP contribution in [-0.2, 0) is 14.8 Å². The molecule has 0 radical (unpaired) electrons. The van der Waals surface area contributed by atoms with E-state index in [1.807, 2.05) is 0 Å². The van der Waals surface area contributed by atoms with Crippen molar-refractivity contribution in [1.29, 1.82) is 0 Å². The zero-order valence-electron chi connectivity index (χ0n) is 10.2. The molecule has 0 aromatic carbocycles. The van der Waals surface area contributed by atoms with E-state index in [1.165, 1.54) is 0 Å². The van der Waals surface area contributed by atoms with E-state index in [9.17, 15) is 26.4 Å². The largest absolute Gasteiger partial charge is 0.481 e. The Balaban J connectivity index is 2.58. The van der Waals surface area contributed by atoms with Crippen LogP contribution in [0.4, 0.5) is 13.2 Å². The van der Waals surface area contributed by atoms with E-state index >= 15 is 0 Å². The summed E-state index contributed by atoms with van der Waals surface area (Å²) in [5.41, 5.74) is 0. The number of halogens is 3. The summed E-state index contributed by atoms with van der Waals surface area (Å²) >= 11 is 0. The number of hydrogen-bond acceptors (Lipinski definition) is 3. The van der Waals surface area contributed by atoms with Gasteiger partial charge in [-0.2, -0.15) is 17.5 Å². The van der Waals surface area contributed by atoms with Crippen LogP contribution < -0.4 is 0 Å². The lowest BCUT2D eigenvalue weighted by Gasteiger charge is -2.22. The predicted molar refractivity (Wildman–Crippen MR) is 61.1 cm³/mol. The minimum absolute atomic E-state index is 0.187. The average Bonchev–Trinajstić information content (AvgIpc) is 2.62. The van der Waals surface area contributed by atoms with Gasteiger partial charge in [0.1, 0.15) is 0 Å². The van der Waals surface area contributed by atoms with Gasteiger partial charge in [-0.3, -0.25) is 4.79 Å². The van der Waals surface area contributed by atoms with Crippen molar-refractivity contribution in [3.05, 3.63) is 0 Å². The van der Waals surface area contributed by atoms with E-state index < -0.39 is 46.8 Å². The fraction of sp³-hybridized carbons (Fsp3) is 0.900. The predicted octanol–water partition coefficient (Wildman–Crippen LogP) is 1.60. The zero-order chi connectivity index (χ0) is 14.7. The summed E-state index contributed by atoms with van der Waals surface area (Å²) in [6.07, 6.45) is -5.35. The van der Waals surface area contributed by atoms with Gasteiger partial charge in [-0.05, 0) is 19.3 Å². The molecular formula is C10H16F3NO4S. The first-order chi connectivity index (χ1) is 8.62. The molecule has 1 N–H and O–H groups in total. The van der Waals surface area contributed by atoms with Gasteiger partial charge in [-0.1, -0.05) is 0 Å². The van der Waals surface area contributed by atoms with Gasteiger partial charge in [0.15, 0.2) is 0 Å². The highest BCUT2D eigenvalue weighted by Gasteiger charge is 2.36. The Labute approximate surface area is 109 Å². The first-order valence-corrected chi connectivity index (χ1v) is 7.51. The molecule has 0 aromatic rings. The van der Waals surface area contributed by atoms with Gasteiger partial charge in [0.2, 0.25) is 10.0 Å². The second-order valence-corrected chi connectivity index (χ2v) is 6.58. The summed E-state index contributed by atoms with van der Waals surface area (Å²) in [7, 11) is -3.81. The molecule has 112 valence electrons. The standard InChI is InChI=1S/C10H16F3NO4S/c11-10(12,13)4-2-6-19(17,18)14-5-1-3-8(14)7-9(15)16/h8H,1-7H2,(H,15,16). The maximum Gasteiger partial charge on any atom is 0.389 e. The van der Waals surface area contributed by atoms with Crippen molar-refractivity contribution < 1.29 is 31.5 Å². The molecule has 1 fully saturated rings. The lowest BCUT2D eigenvalue weighted by molar-refractivity contribution is -0.138. The van der Waals surface area contributed by atoms with E-state index in [4.69, 9.17) is 5.11 Å². The minimum Gasteiger partial charge on any atom is -0.481 e. The third-order valence-electron chi connectivity index (χ3n) is 2.95. The molecule has 5 nitrogen and oxygen atoms in total. The Morgan fingerprint density at radius 1 is 1.37 bits per heavy atom. The number of rotatable bonds is 6. The van der Waals surface area contributed by atoms with Crippen LogP contribution >= 0.6 is 0 Å². The smallest absolute Gasteiger partial charge is 0.389 e. The first kappa shape index (κ1) is 16.2. The van der Waals surface area contributed by atoms with Crippen LogP contribution in [0.25, 0.3) is 0 Å². The Bertz CT molecular complexity index is 421. The number of nitrogens with zero attached hydrogens (tertiary/aromatic N) is 1. The normalized spacial score (nSPS) is 21.7. The molecule has 0 aromatic heterocycles. The third kappa shape index (κ3) is 5.35. The molecule has 0 spiro atoms. The van der Waals surface area contributed by atoms with Crippen LogP contribution in [-0.4, -0.2) is 48.3 Å². The van der Waals surface area contributed by atoms with Gasteiger partial charge in [0.25, 0.3) is 0 Å². The van der Waals surface area contributed by atoms with Crippen molar-refractivity contribution in [3.8, 4) is 0 Å². The van der Waals surface area contributed by atoms with Crippen molar-refractivity contribution >= 4 is 16.0 Å². The number of sulfonamides is 1. The highest BCUT2D eigenvalue weighted by atomic mass is 32.2. The topological polar surface area (TPSA) is 74.7 Å². The average molecular weight is 303 g/mol. The summed E-state index contributed by atoms with van der Waals surface area (Å²) in [6.45, 7) is 0.187. The summed E-state index contributed by atoms with van der Waals surface area (Å²) in [6, 6.07) is -0.631. The Hall–Kier alpha value is -0.830. The molecule has 1 heterocycles. The van der Waals surface area contributed by atoms with E-state index in [0.717, 1.165) is 4.31 Å². The maximum absolute atomic E-state index is 12.0. The first-order valence-electron chi connectivity index (χ1n) is 5.90. The van der Waals surface area contributed by atoms with Crippen LogP contribution in [0.3, 0.4) is 0 Å². The van der Waals surface area contributed by atoms with Crippen molar-refractivity contribution in [2.45, 2.75) is 44.3 Å². The molecule has 1 rings (SSSR count). The molecule has 1 unspecified atom stereocenters. The van der Waals surface area contributed by atoms with Gasteiger partial charge in [-0.25, -0.2) is 8.42 Å². The van der Waals surface area contributed by atoms with Gasteiger partial charge < -0.3 is 5.11 Å². The van der Waals surface area contributed by atoms with Crippen molar-refractivity contribution in [1.82, 2.24) is 4.31 Å². The second kappa shape index (κ2) is 6.08. The van der Waals surface area contributed by atoms with E-state index in [2.05, 4.69) is 0 Å². The number of alkyl halides is 3. The van der Waals surface area contributed by atoms with E-state index in [0.29, 0.717) is 12.8 Å². The van der Waals surface area contributed by atoms with Crippen LogP contribution in [0.5, 0.6) is 0 Å². The number of aliphatic carboxylic acids is 1. The van der Waals surface area contributed by atoms with Crippen molar-refractivity contribution in [3.63, 3.8) is 0 Å². The summed E-state index contributed by atoms with van der Waals surface area (Å²) in [4.78, 5) is 10.6. The van der Waals surface area contributed by atoms with Crippen LogP contribution in [0, 0.1) is 0 Å². The van der Waals surface area contributed by atoms with Crippen LogP contribution in [0.2, 0.25) is 0 Å². The van der Waals surface area contributed by atoms with Crippen LogP contribution in [0.1, 0.15) is 32.1 Å². The summed E-state index contributed by atoms with van der Waals surface area (Å²) < 4.78 is 60.7. The Kier molecular flexibility index (Phi) is 5.19. The molecule has 0 saturated carbocycles. The molecule has 0 amide bonds. The highest BCUT2D eigenvalue weighted by Crippen LogP contribution is 2.26. The zero-order valence-corrected chi connectivity index (χ0v) is 11.0. The summed E-state index contributed by atoms with van der Waals surface area (Å²) in [5.74, 6) is -1.70. The third-order valence-corrected chi connectivity index (χ3v) is 4.95. The number of carboxylic acids is 1. The fourth-order valence-corrected chi connectivity index (χ4v) is 3.94. The minimum atomic E-state index is -4.37. The number of carbonyl (C=O) groups is 1. The SMILES string of the molecule is O=C(O)CC1CCCN1S(=O)(=O)CCCC(F)(F)F. The van der Waals surface area contributed by atoms with Crippen molar-refractivity contribution in [2.75, 3.05) is 12.3 Å². The highest BCUT2D eigenvalue weighted by molar-refractivity contribution is 7.89. The molecule has 1 saturated heterocycles. The van der Waals surface area contributed by atoms with Gasteiger partial charge in [-0.15, -0.1) is 0 Å². The lowest BCUT2D eigenvalue weighted by atomic mass is 10.2. The second-order valence-electron chi connectivity index (χ2n) is 4.54. The maximum atomic E-state index is 12.0. The number of carboxylic acid groups (broad SMARTS) is 1. The van der Waals surface area contributed by atoms with E-state index in [-0.39, 0.29) is 13.0 Å². The Morgan fingerprint density at radius 2 is 2.00 bits per heavy atom. The Morgan fingerprint density at radius 3 is 2.53 bits per heavy atom. The molecule has 1 aliphatic heterocycles. The lowest BCUT2D eigenvalue weighted by Crippen LogP contribution is -2.38. The van der Waals surface area contributed by atoms with E-state index in [1.54, 1.807) is 0 Å². The molecule has 1 aliphatic rings. The monoisotopic (exact) mass is 303 g/mol. The molecular weight excluding hydrogens is 287 g/mol. The molecule has 9 heteroatoms. The molecule has 0 bridgehead atoms. The van der Waals surface area contributed by atoms with Crippen LogP contribution in [0.15, 0.2) is 0 Å². The number of hydrogen-bond donors (Lipinski definition) is 1. The fourth-order valence-electron chi connectivity index (χ4n) is 2.15. The molecule has 19 heavy (non-hydrogen) atoms. The molecule has 1 atom stereocenters.